The maximum atomic E-state index is 11.9. The van der Waals surface area contributed by atoms with Crippen LogP contribution in [-0.2, 0) is 9.59 Å². The van der Waals surface area contributed by atoms with Gasteiger partial charge in [0.15, 0.2) is 11.6 Å². The van der Waals surface area contributed by atoms with Gasteiger partial charge in [0.1, 0.15) is 17.2 Å². The molecule has 0 amide bonds. The molecule has 0 saturated heterocycles. The van der Waals surface area contributed by atoms with Gasteiger partial charge in [-0.05, 0) is 48.1 Å². The maximum Gasteiger partial charge on any atom is 0.163 e. The van der Waals surface area contributed by atoms with Crippen LogP contribution in [0.15, 0.2) is 54.6 Å². The zero-order valence-electron chi connectivity index (χ0n) is 13.7. The molecule has 0 spiro atoms. The Kier molecular flexibility index (Phi) is 6.12. The first-order valence-electron chi connectivity index (χ1n) is 7.56. The summed E-state index contributed by atoms with van der Waals surface area (Å²) in [7, 11) is 1.46. The highest BCUT2D eigenvalue weighted by Crippen LogP contribution is 2.28. The van der Waals surface area contributed by atoms with Gasteiger partial charge in [0, 0.05) is 0 Å². The van der Waals surface area contributed by atoms with Gasteiger partial charge in [-0.2, -0.15) is 0 Å². The summed E-state index contributed by atoms with van der Waals surface area (Å²) in [6.07, 6.45) is 5.28. The number of rotatable bonds is 7. The van der Waals surface area contributed by atoms with Crippen molar-refractivity contribution in [3.63, 3.8) is 0 Å². The highest BCUT2D eigenvalue weighted by molar-refractivity contribution is 6.11. The van der Waals surface area contributed by atoms with Crippen LogP contribution in [-0.4, -0.2) is 28.9 Å². The zero-order valence-corrected chi connectivity index (χ0v) is 13.7. The molecule has 5 heteroatoms. The number of aromatic hydroxyl groups is 2. The summed E-state index contributed by atoms with van der Waals surface area (Å²) >= 11 is 0. The maximum absolute atomic E-state index is 11.9. The zero-order chi connectivity index (χ0) is 18.2. The molecule has 2 aromatic rings. The smallest absolute Gasteiger partial charge is 0.163 e. The second-order valence-corrected chi connectivity index (χ2v) is 5.26. The number of phenols is 2. The van der Waals surface area contributed by atoms with E-state index in [0.29, 0.717) is 11.3 Å². The molecule has 2 N–H and O–H groups in total. The number of hydrogen-bond acceptors (Lipinski definition) is 5. The molecule has 0 aromatic heterocycles. The summed E-state index contributed by atoms with van der Waals surface area (Å²) in [5.74, 6) is -0.162. The van der Waals surface area contributed by atoms with Crippen molar-refractivity contribution in [1.29, 1.82) is 0 Å². The number of ether oxygens (including phenoxy) is 1. The number of methoxy groups -OCH3 is 1. The lowest BCUT2D eigenvalue weighted by atomic mass is 10.1. The fourth-order valence-corrected chi connectivity index (χ4v) is 2.12. The lowest BCUT2D eigenvalue weighted by molar-refractivity contribution is -0.121. The van der Waals surface area contributed by atoms with Crippen molar-refractivity contribution >= 4 is 23.7 Å². The Morgan fingerprint density at radius 3 is 2.24 bits per heavy atom. The fourth-order valence-electron chi connectivity index (χ4n) is 2.12. The Labute approximate surface area is 145 Å². The van der Waals surface area contributed by atoms with Crippen LogP contribution in [0.4, 0.5) is 0 Å². The number of ketones is 2. The molecular weight excluding hydrogens is 320 g/mol. The normalized spacial score (nSPS) is 11.1. The summed E-state index contributed by atoms with van der Waals surface area (Å²) in [6, 6.07) is 11.1. The van der Waals surface area contributed by atoms with Gasteiger partial charge < -0.3 is 14.9 Å². The minimum Gasteiger partial charge on any atom is -0.508 e. The largest absolute Gasteiger partial charge is 0.508 e. The summed E-state index contributed by atoms with van der Waals surface area (Å²) in [6.45, 7) is 0. The summed E-state index contributed by atoms with van der Waals surface area (Å²) < 4.78 is 5.12. The Balaban J connectivity index is 1.98. The molecule has 0 radical (unpaired) electrons. The lowest BCUT2D eigenvalue weighted by Crippen LogP contribution is -2.02. The molecule has 25 heavy (non-hydrogen) atoms. The Morgan fingerprint density at radius 1 is 0.960 bits per heavy atom. The SMILES string of the molecule is COc1cccc(O)c1C=CC(=O)CC(=O)C=Cc1ccc(O)cc1. The van der Waals surface area contributed by atoms with Crippen LogP contribution in [0.3, 0.4) is 0 Å². The van der Waals surface area contributed by atoms with Gasteiger partial charge >= 0.3 is 0 Å². The quantitative estimate of drug-likeness (QED) is 0.597. The second-order valence-electron chi connectivity index (χ2n) is 5.26. The van der Waals surface area contributed by atoms with Gasteiger partial charge in [0.2, 0.25) is 0 Å². The van der Waals surface area contributed by atoms with Crippen LogP contribution in [0.5, 0.6) is 17.2 Å². The van der Waals surface area contributed by atoms with E-state index in [1.165, 1.54) is 43.5 Å². The van der Waals surface area contributed by atoms with Crippen LogP contribution in [0.1, 0.15) is 17.5 Å². The molecule has 2 rings (SSSR count). The number of hydrogen-bond donors (Lipinski definition) is 2. The molecule has 0 fully saturated rings. The average molecular weight is 338 g/mol. The van der Waals surface area contributed by atoms with Crippen molar-refractivity contribution in [1.82, 2.24) is 0 Å². The van der Waals surface area contributed by atoms with Crippen LogP contribution < -0.4 is 4.74 Å². The van der Waals surface area contributed by atoms with Gasteiger partial charge in [-0.3, -0.25) is 9.59 Å². The van der Waals surface area contributed by atoms with E-state index in [1.54, 1.807) is 30.3 Å². The van der Waals surface area contributed by atoms with Gasteiger partial charge in [-0.15, -0.1) is 0 Å². The van der Waals surface area contributed by atoms with E-state index in [-0.39, 0.29) is 29.5 Å². The Hall–Kier alpha value is -3.34. The topological polar surface area (TPSA) is 83.8 Å². The van der Waals surface area contributed by atoms with Gasteiger partial charge in [0.05, 0.1) is 19.1 Å². The number of benzene rings is 2. The van der Waals surface area contributed by atoms with E-state index >= 15 is 0 Å². The fraction of sp³-hybridized carbons (Fsp3) is 0.100. The molecule has 0 aliphatic heterocycles. The molecule has 0 unspecified atom stereocenters. The minimum absolute atomic E-state index is 0.0121. The molecule has 2 aromatic carbocycles. The van der Waals surface area contributed by atoms with Crippen LogP contribution in [0.25, 0.3) is 12.2 Å². The van der Waals surface area contributed by atoms with Crippen molar-refractivity contribution in [3.8, 4) is 17.2 Å². The molecular formula is C20H18O5. The highest BCUT2D eigenvalue weighted by Gasteiger charge is 2.07. The molecule has 5 nitrogen and oxygen atoms in total. The standard InChI is InChI=1S/C20H18O5/c1-25-20-4-2-3-19(24)18(20)12-11-17(23)13-16(22)10-7-14-5-8-15(21)9-6-14/h2-12,21,24H,13H2,1H3. The molecule has 0 heterocycles. The third-order valence-corrected chi connectivity index (χ3v) is 3.40. The van der Waals surface area contributed by atoms with Crippen molar-refractivity contribution in [3.05, 3.63) is 65.7 Å². The van der Waals surface area contributed by atoms with Gasteiger partial charge in [-0.1, -0.05) is 24.3 Å². The molecule has 128 valence electrons. The van der Waals surface area contributed by atoms with E-state index in [0.717, 1.165) is 5.56 Å². The van der Waals surface area contributed by atoms with Gasteiger partial charge in [0.25, 0.3) is 0 Å². The van der Waals surface area contributed by atoms with Crippen LogP contribution >= 0.6 is 0 Å². The van der Waals surface area contributed by atoms with E-state index in [9.17, 15) is 19.8 Å². The van der Waals surface area contributed by atoms with E-state index in [4.69, 9.17) is 4.74 Å². The first-order valence-corrected chi connectivity index (χ1v) is 7.56. The molecule has 0 atom stereocenters. The monoisotopic (exact) mass is 338 g/mol. The van der Waals surface area contributed by atoms with Crippen LogP contribution in [0.2, 0.25) is 0 Å². The Bertz CT molecular complexity index is 816. The van der Waals surface area contributed by atoms with E-state index < -0.39 is 0 Å². The molecule has 0 saturated carbocycles. The minimum atomic E-state index is -0.384. The Morgan fingerprint density at radius 2 is 1.60 bits per heavy atom. The highest BCUT2D eigenvalue weighted by atomic mass is 16.5. The van der Waals surface area contributed by atoms with E-state index in [2.05, 4.69) is 0 Å². The van der Waals surface area contributed by atoms with Crippen molar-refractivity contribution in [2.45, 2.75) is 6.42 Å². The van der Waals surface area contributed by atoms with E-state index in [1.807, 2.05) is 0 Å². The first kappa shape index (κ1) is 18.0. The van der Waals surface area contributed by atoms with Gasteiger partial charge in [-0.25, -0.2) is 0 Å². The molecule has 0 aliphatic carbocycles. The third-order valence-electron chi connectivity index (χ3n) is 3.40. The van der Waals surface area contributed by atoms with Crippen molar-refractivity contribution in [2.75, 3.05) is 7.11 Å². The first-order chi connectivity index (χ1) is 12.0. The molecule has 0 bridgehead atoms. The van der Waals surface area contributed by atoms with Crippen molar-refractivity contribution in [2.24, 2.45) is 0 Å². The predicted molar refractivity (Wildman–Crippen MR) is 95.5 cm³/mol. The number of allylic oxidation sites excluding steroid dienone is 2. The predicted octanol–water partition coefficient (Wildman–Crippen LogP) is 3.36. The van der Waals surface area contributed by atoms with Crippen molar-refractivity contribution < 1.29 is 24.5 Å². The number of carbonyl (C=O) groups excluding carboxylic acids is 2. The third kappa shape index (κ3) is 5.35. The molecule has 0 aliphatic rings. The summed E-state index contributed by atoms with van der Waals surface area (Å²) in [4.78, 5) is 23.7. The summed E-state index contributed by atoms with van der Waals surface area (Å²) in [5, 5.41) is 19.0. The number of phenolic OH excluding ortho intramolecular Hbond substituents is 2. The number of carbonyl (C=O) groups is 2. The van der Waals surface area contributed by atoms with Crippen LogP contribution in [0, 0.1) is 0 Å². The lowest BCUT2D eigenvalue weighted by Gasteiger charge is -2.05. The second kappa shape index (κ2) is 8.49. The summed E-state index contributed by atoms with van der Waals surface area (Å²) in [5.41, 5.74) is 1.12. The average Bonchev–Trinajstić information content (AvgIpc) is 2.60.